The summed E-state index contributed by atoms with van der Waals surface area (Å²) in [7, 11) is 2.06. The second kappa shape index (κ2) is 4.55. The van der Waals surface area contributed by atoms with Crippen LogP contribution in [-0.4, -0.2) is 25.5 Å². The third-order valence-corrected chi connectivity index (χ3v) is 3.96. The van der Waals surface area contributed by atoms with Gasteiger partial charge < -0.3 is 10.6 Å². The van der Waals surface area contributed by atoms with E-state index in [-0.39, 0.29) is 6.17 Å². The summed E-state index contributed by atoms with van der Waals surface area (Å²) < 4.78 is 0. The molecule has 4 heteroatoms. The lowest BCUT2D eigenvalue weighted by Crippen LogP contribution is -2.32. The maximum Gasteiger partial charge on any atom is 0.115 e. The van der Waals surface area contributed by atoms with Crippen LogP contribution < -0.4 is 10.6 Å². The Morgan fingerprint density at radius 1 is 1.28 bits per heavy atom. The Labute approximate surface area is 111 Å². The van der Waals surface area contributed by atoms with Crippen LogP contribution in [0.3, 0.4) is 0 Å². The molecule has 0 saturated heterocycles. The van der Waals surface area contributed by atoms with Gasteiger partial charge in [0.1, 0.15) is 6.17 Å². The maximum absolute atomic E-state index is 6.08. The second-order valence-corrected chi connectivity index (χ2v) is 5.37. The lowest BCUT2D eigenvalue weighted by atomic mass is 10.1. The van der Waals surface area contributed by atoms with E-state index in [1.54, 1.807) is 11.3 Å². The molecule has 18 heavy (non-hydrogen) atoms. The largest absolute Gasteiger partial charge is 0.371 e. The van der Waals surface area contributed by atoms with Gasteiger partial charge in [0.25, 0.3) is 0 Å². The van der Waals surface area contributed by atoms with E-state index in [9.17, 15) is 0 Å². The van der Waals surface area contributed by atoms with Gasteiger partial charge in [-0.25, -0.2) is 0 Å². The predicted octanol–water partition coefficient (Wildman–Crippen LogP) is 2.32. The van der Waals surface area contributed by atoms with Crippen LogP contribution >= 0.6 is 11.3 Å². The molecule has 1 aromatic heterocycles. The number of aliphatic imine (C=N–C) groups is 1. The van der Waals surface area contributed by atoms with Gasteiger partial charge in [-0.2, -0.15) is 0 Å². The predicted molar refractivity (Wildman–Crippen MR) is 77.6 cm³/mol. The molecular weight excluding hydrogens is 242 g/mol. The van der Waals surface area contributed by atoms with Crippen molar-refractivity contribution in [2.45, 2.75) is 6.17 Å². The number of likely N-dealkylation sites (N-methyl/N-ethyl adjacent to an activating group) is 1. The molecule has 3 rings (SSSR count). The van der Waals surface area contributed by atoms with E-state index in [0.717, 1.165) is 17.8 Å². The molecule has 0 amide bonds. The zero-order valence-electron chi connectivity index (χ0n) is 10.2. The smallest absolute Gasteiger partial charge is 0.115 e. The number of hydrogen-bond acceptors (Lipinski definition) is 4. The molecule has 1 aliphatic rings. The summed E-state index contributed by atoms with van der Waals surface area (Å²) in [5.41, 5.74) is 9.44. The second-order valence-electron chi connectivity index (χ2n) is 4.42. The fourth-order valence-corrected chi connectivity index (χ4v) is 3.01. The minimum atomic E-state index is -0.181. The number of nitrogens with zero attached hydrogens (tertiary/aromatic N) is 2. The van der Waals surface area contributed by atoms with E-state index in [1.807, 2.05) is 12.1 Å². The first kappa shape index (κ1) is 11.4. The summed E-state index contributed by atoms with van der Waals surface area (Å²) in [6, 6.07) is 12.5. The summed E-state index contributed by atoms with van der Waals surface area (Å²) in [6.07, 6.45) is -0.181. The maximum atomic E-state index is 6.08. The number of benzene rings is 1. The van der Waals surface area contributed by atoms with Crippen molar-refractivity contribution in [2.75, 3.05) is 18.5 Å². The van der Waals surface area contributed by atoms with Crippen molar-refractivity contribution in [2.24, 2.45) is 10.7 Å². The average molecular weight is 257 g/mol. The van der Waals surface area contributed by atoms with Crippen LogP contribution in [0.2, 0.25) is 0 Å². The van der Waals surface area contributed by atoms with E-state index in [4.69, 9.17) is 5.73 Å². The van der Waals surface area contributed by atoms with Gasteiger partial charge in [0.2, 0.25) is 0 Å². The quantitative estimate of drug-likeness (QED) is 0.852. The van der Waals surface area contributed by atoms with E-state index in [2.05, 4.69) is 46.6 Å². The standard InChI is InChI=1S/C14H15N3S/c1-17-9-13(15)16-14(12-7-4-8-18-12)10-5-2-3-6-11(10)17/h2-8,13H,9,15H2,1H3. The number of benzodiazepines with no additional fused rings is 1. The Balaban J connectivity index is 2.19. The lowest BCUT2D eigenvalue weighted by Gasteiger charge is -2.20. The Hall–Kier alpha value is -1.65. The van der Waals surface area contributed by atoms with Gasteiger partial charge in [-0.05, 0) is 17.5 Å². The number of anilines is 1. The molecule has 1 unspecified atom stereocenters. The molecular formula is C14H15N3S. The van der Waals surface area contributed by atoms with Gasteiger partial charge in [0.15, 0.2) is 0 Å². The molecule has 0 saturated carbocycles. The van der Waals surface area contributed by atoms with Crippen LogP contribution in [0.4, 0.5) is 5.69 Å². The Morgan fingerprint density at radius 2 is 2.11 bits per heavy atom. The van der Waals surface area contributed by atoms with Gasteiger partial charge in [-0.3, -0.25) is 4.99 Å². The number of rotatable bonds is 1. The van der Waals surface area contributed by atoms with Crippen LogP contribution in [0.1, 0.15) is 10.4 Å². The van der Waals surface area contributed by atoms with E-state index < -0.39 is 0 Å². The highest BCUT2D eigenvalue weighted by Gasteiger charge is 2.20. The van der Waals surface area contributed by atoms with Crippen LogP contribution in [0.15, 0.2) is 46.8 Å². The summed E-state index contributed by atoms with van der Waals surface area (Å²) in [4.78, 5) is 8.02. The minimum absolute atomic E-state index is 0.181. The summed E-state index contributed by atoms with van der Waals surface area (Å²) in [6.45, 7) is 0.742. The third kappa shape index (κ3) is 1.94. The molecule has 0 fully saturated rings. The Morgan fingerprint density at radius 3 is 2.89 bits per heavy atom. The van der Waals surface area contributed by atoms with Gasteiger partial charge in [-0.15, -0.1) is 11.3 Å². The molecule has 1 atom stereocenters. The molecule has 1 aliphatic heterocycles. The number of para-hydroxylation sites is 1. The third-order valence-electron chi connectivity index (χ3n) is 3.08. The zero-order chi connectivity index (χ0) is 12.5. The van der Waals surface area contributed by atoms with Crippen molar-refractivity contribution in [3.63, 3.8) is 0 Å². The fraction of sp³-hybridized carbons (Fsp3) is 0.214. The summed E-state index contributed by atoms with van der Waals surface area (Å²) in [5.74, 6) is 0. The van der Waals surface area contributed by atoms with Crippen molar-refractivity contribution >= 4 is 22.7 Å². The van der Waals surface area contributed by atoms with Gasteiger partial charge in [0.05, 0.1) is 17.1 Å². The Bertz CT molecular complexity index is 574. The van der Waals surface area contributed by atoms with Crippen molar-refractivity contribution in [1.29, 1.82) is 0 Å². The first-order valence-electron chi connectivity index (χ1n) is 5.93. The average Bonchev–Trinajstić information content (AvgIpc) is 2.85. The van der Waals surface area contributed by atoms with Crippen molar-refractivity contribution in [1.82, 2.24) is 0 Å². The lowest BCUT2D eigenvalue weighted by molar-refractivity contribution is 0.697. The molecule has 0 spiro atoms. The number of hydrogen-bond donors (Lipinski definition) is 1. The van der Waals surface area contributed by atoms with Crippen LogP contribution in [0.5, 0.6) is 0 Å². The number of thiophene rings is 1. The summed E-state index contributed by atoms with van der Waals surface area (Å²) in [5, 5.41) is 2.07. The fourth-order valence-electron chi connectivity index (χ4n) is 2.27. The van der Waals surface area contributed by atoms with Gasteiger partial charge in [0, 0.05) is 18.3 Å². The highest BCUT2D eigenvalue weighted by molar-refractivity contribution is 7.12. The monoisotopic (exact) mass is 257 g/mol. The van der Waals surface area contributed by atoms with Gasteiger partial charge >= 0.3 is 0 Å². The zero-order valence-corrected chi connectivity index (χ0v) is 11.0. The molecule has 92 valence electrons. The normalized spacial score (nSPS) is 19.1. The van der Waals surface area contributed by atoms with E-state index in [0.29, 0.717) is 0 Å². The minimum Gasteiger partial charge on any atom is -0.371 e. The molecule has 3 nitrogen and oxygen atoms in total. The first-order chi connectivity index (χ1) is 8.75. The molecule has 0 aliphatic carbocycles. The Kier molecular flexibility index (Phi) is 2.89. The molecule has 1 aromatic carbocycles. The van der Waals surface area contributed by atoms with Crippen molar-refractivity contribution < 1.29 is 0 Å². The molecule has 2 N–H and O–H groups in total. The molecule has 0 bridgehead atoms. The van der Waals surface area contributed by atoms with Crippen molar-refractivity contribution in [3.8, 4) is 0 Å². The van der Waals surface area contributed by atoms with Crippen LogP contribution in [0, 0.1) is 0 Å². The molecule has 2 aromatic rings. The van der Waals surface area contributed by atoms with Crippen LogP contribution in [0.25, 0.3) is 0 Å². The highest BCUT2D eigenvalue weighted by Crippen LogP contribution is 2.27. The number of nitrogens with two attached hydrogens (primary N) is 1. The topological polar surface area (TPSA) is 41.6 Å². The van der Waals surface area contributed by atoms with E-state index in [1.165, 1.54) is 10.6 Å². The highest BCUT2D eigenvalue weighted by atomic mass is 32.1. The molecule has 0 radical (unpaired) electrons. The van der Waals surface area contributed by atoms with Crippen molar-refractivity contribution in [3.05, 3.63) is 52.2 Å². The van der Waals surface area contributed by atoms with E-state index >= 15 is 0 Å². The van der Waals surface area contributed by atoms with Gasteiger partial charge in [-0.1, -0.05) is 24.3 Å². The first-order valence-corrected chi connectivity index (χ1v) is 6.81. The SMILES string of the molecule is CN1CC(N)N=C(c2cccs2)c2ccccc21. The number of fused-ring (bicyclic) bond motifs is 1. The molecule has 2 heterocycles. The van der Waals surface area contributed by atoms with Crippen LogP contribution in [-0.2, 0) is 0 Å². The summed E-state index contributed by atoms with van der Waals surface area (Å²) >= 11 is 1.70.